The Bertz CT molecular complexity index is 1640. The highest BCUT2D eigenvalue weighted by molar-refractivity contribution is 7.15. The number of aromatic nitrogens is 4. The fraction of sp³-hybridized carbons (Fsp3) is 0.345. The second-order valence-corrected chi connectivity index (χ2v) is 10.7. The Morgan fingerprint density at radius 1 is 1.07 bits per heavy atom. The van der Waals surface area contributed by atoms with Gasteiger partial charge in [0.05, 0.1) is 30.5 Å². The number of anilines is 1. The van der Waals surface area contributed by atoms with Gasteiger partial charge in [-0.25, -0.2) is 4.98 Å². The molecule has 208 valence electrons. The molecule has 10 nitrogen and oxygen atoms in total. The van der Waals surface area contributed by atoms with E-state index in [4.69, 9.17) is 9.47 Å². The molecule has 4 heterocycles. The van der Waals surface area contributed by atoms with Gasteiger partial charge in [0, 0.05) is 6.20 Å². The number of amides is 1. The number of nitrogens with zero attached hydrogens (tertiary/aromatic N) is 5. The second-order valence-electron chi connectivity index (χ2n) is 9.54. The molecule has 1 saturated heterocycles. The summed E-state index contributed by atoms with van der Waals surface area (Å²) >= 11 is 1.19. The van der Waals surface area contributed by atoms with Gasteiger partial charge in [-0.2, -0.15) is 0 Å². The summed E-state index contributed by atoms with van der Waals surface area (Å²) in [5, 5.41) is 20.8. The number of aliphatic hydroxyl groups excluding tert-OH is 1. The second kappa shape index (κ2) is 11.1. The summed E-state index contributed by atoms with van der Waals surface area (Å²) in [4.78, 5) is 33.0. The summed E-state index contributed by atoms with van der Waals surface area (Å²) in [5.74, 6) is -0.940. The Hall–Kier alpha value is -4.25. The minimum atomic E-state index is -0.985. The van der Waals surface area contributed by atoms with Crippen molar-refractivity contribution >= 4 is 39.6 Å². The lowest BCUT2D eigenvalue weighted by Gasteiger charge is -2.23. The Labute approximate surface area is 235 Å². The number of rotatable bonds is 9. The van der Waals surface area contributed by atoms with Crippen molar-refractivity contribution < 1.29 is 24.2 Å². The number of carbonyl (C=O) groups excluding carboxylic acids is 2. The molecule has 1 N–H and O–H groups in total. The average Bonchev–Trinajstić information content (AvgIpc) is 3.59. The number of ketones is 1. The lowest BCUT2D eigenvalue weighted by Crippen LogP contribution is -2.29. The number of ether oxygens (including phenoxy) is 2. The van der Waals surface area contributed by atoms with Crippen molar-refractivity contribution in [3.05, 3.63) is 69.6 Å². The number of fused-ring (bicyclic) bond motifs is 1. The van der Waals surface area contributed by atoms with E-state index in [9.17, 15) is 14.7 Å². The van der Waals surface area contributed by atoms with E-state index in [1.807, 2.05) is 43.5 Å². The number of aliphatic hydroxyl groups is 1. The number of benzene rings is 1. The summed E-state index contributed by atoms with van der Waals surface area (Å²) in [5.41, 5.74) is 2.91. The van der Waals surface area contributed by atoms with Gasteiger partial charge in [0.25, 0.3) is 5.78 Å². The average molecular weight is 562 g/mol. The van der Waals surface area contributed by atoms with Crippen LogP contribution in [0.5, 0.6) is 11.5 Å². The normalized spacial score (nSPS) is 16.7. The zero-order valence-corrected chi connectivity index (χ0v) is 23.9. The topological polar surface area (TPSA) is 119 Å². The predicted molar refractivity (Wildman–Crippen MR) is 152 cm³/mol. The monoisotopic (exact) mass is 561 g/mol. The van der Waals surface area contributed by atoms with Gasteiger partial charge in [0.15, 0.2) is 17.3 Å². The standard InChI is InChI=1S/C29H31N5O5S/c1-6-8-14-39-20-12-11-19(15-21(20)38-7-2)24-22(26(36)28(37)34(24)29-32-31-18(5)40-29)25(35)23-17(4)33-13-9-10-16(3)27(33)30-23/h9-13,15,24,35H,6-8,14H2,1-5H3. The molecule has 0 saturated carbocycles. The van der Waals surface area contributed by atoms with Crippen molar-refractivity contribution in [2.75, 3.05) is 18.1 Å². The molecule has 3 aromatic heterocycles. The van der Waals surface area contributed by atoms with Gasteiger partial charge in [-0.05, 0) is 63.4 Å². The molecule has 40 heavy (non-hydrogen) atoms. The smallest absolute Gasteiger partial charge is 0.301 e. The lowest BCUT2D eigenvalue weighted by molar-refractivity contribution is -0.132. The maximum atomic E-state index is 13.6. The van der Waals surface area contributed by atoms with Crippen molar-refractivity contribution in [1.29, 1.82) is 0 Å². The molecule has 1 aromatic carbocycles. The molecule has 4 aromatic rings. The van der Waals surface area contributed by atoms with Gasteiger partial charge >= 0.3 is 5.91 Å². The molecule has 5 rings (SSSR count). The van der Waals surface area contributed by atoms with E-state index in [-0.39, 0.29) is 22.2 Å². The van der Waals surface area contributed by atoms with E-state index < -0.39 is 17.7 Å². The third-order valence-electron chi connectivity index (χ3n) is 6.81. The third-order valence-corrected chi connectivity index (χ3v) is 7.65. The first-order valence-corrected chi connectivity index (χ1v) is 14.0. The number of hydrogen-bond acceptors (Lipinski definition) is 9. The van der Waals surface area contributed by atoms with Crippen LogP contribution in [0, 0.1) is 20.8 Å². The van der Waals surface area contributed by atoms with E-state index in [2.05, 4.69) is 22.1 Å². The van der Waals surface area contributed by atoms with E-state index in [0.29, 0.717) is 46.6 Å². The number of aryl methyl sites for hydroxylation is 3. The van der Waals surface area contributed by atoms with Crippen LogP contribution in [0.3, 0.4) is 0 Å². The van der Waals surface area contributed by atoms with Gasteiger partial charge < -0.3 is 19.0 Å². The van der Waals surface area contributed by atoms with Crippen LogP contribution in [0.15, 0.2) is 42.1 Å². The van der Waals surface area contributed by atoms with Crippen molar-refractivity contribution in [3.63, 3.8) is 0 Å². The molecule has 1 fully saturated rings. The molecule has 1 amide bonds. The fourth-order valence-corrected chi connectivity index (χ4v) is 5.53. The summed E-state index contributed by atoms with van der Waals surface area (Å²) in [6, 6.07) is 8.10. The molecule has 0 spiro atoms. The Morgan fingerprint density at radius 2 is 1.88 bits per heavy atom. The summed E-state index contributed by atoms with van der Waals surface area (Å²) < 4.78 is 13.7. The molecular formula is C29H31N5O5S. The van der Waals surface area contributed by atoms with Crippen LogP contribution in [0.25, 0.3) is 11.4 Å². The van der Waals surface area contributed by atoms with Crippen molar-refractivity contribution in [3.8, 4) is 11.5 Å². The van der Waals surface area contributed by atoms with E-state index >= 15 is 0 Å². The Morgan fingerprint density at radius 3 is 2.55 bits per heavy atom. The molecule has 1 aliphatic heterocycles. The predicted octanol–water partition coefficient (Wildman–Crippen LogP) is 5.31. The first kappa shape index (κ1) is 27.3. The quantitative estimate of drug-likeness (QED) is 0.126. The zero-order valence-electron chi connectivity index (χ0n) is 23.1. The third kappa shape index (κ3) is 4.70. The van der Waals surface area contributed by atoms with Gasteiger partial charge in [0.1, 0.15) is 16.3 Å². The first-order chi connectivity index (χ1) is 19.3. The minimum absolute atomic E-state index is 0.0795. The lowest BCUT2D eigenvalue weighted by atomic mass is 9.96. The summed E-state index contributed by atoms with van der Waals surface area (Å²) in [6.07, 6.45) is 3.72. The molecule has 0 bridgehead atoms. The largest absolute Gasteiger partial charge is 0.505 e. The SMILES string of the molecule is CCCCOc1ccc(C2C(=C(O)c3nc4c(C)cccn4c3C)C(=O)C(=O)N2c2nnc(C)s2)cc1OCC. The van der Waals surface area contributed by atoms with E-state index in [1.54, 1.807) is 25.1 Å². The number of pyridine rings is 1. The molecule has 1 aliphatic rings. The van der Waals surface area contributed by atoms with Crippen LogP contribution in [0.4, 0.5) is 5.13 Å². The summed E-state index contributed by atoms with van der Waals surface area (Å²) in [7, 11) is 0. The number of hydrogen-bond donors (Lipinski definition) is 1. The van der Waals surface area contributed by atoms with Crippen LogP contribution in [-0.4, -0.2) is 49.6 Å². The zero-order chi connectivity index (χ0) is 28.6. The van der Waals surface area contributed by atoms with Crippen molar-refractivity contribution in [1.82, 2.24) is 19.6 Å². The molecule has 1 unspecified atom stereocenters. The minimum Gasteiger partial charge on any atom is -0.505 e. The van der Waals surface area contributed by atoms with E-state index in [1.165, 1.54) is 16.2 Å². The maximum Gasteiger partial charge on any atom is 0.301 e. The highest BCUT2D eigenvalue weighted by Gasteiger charge is 2.49. The van der Waals surface area contributed by atoms with Gasteiger partial charge in [0.2, 0.25) is 5.13 Å². The Kier molecular flexibility index (Phi) is 7.57. The van der Waals surface area contributed by atoms with Crippen LogP contribution in [0.1, 0.15) is 60.3 Å². The number of imidazole rings is 1. The van der Waals surface area contributed by atoms with Gasteiger partial charge in [-0.1, -0.05) is 36.8 Å². The van der Waals surface area contributed by atoms with Crippen LogP contribution < -0.4 is 14.4 Å². The van der Waals surface area contributed by atoms with Crippen molar-refractivity contribution in [2.24, 2.45) is 0 Å². The van der Waals surface area contributed by atoms with Gasteiger partial charge in [-0.3, -0.25) is 14.5 Å². The van der Waals surface area contributed by atoms with Crippen molar-refractivity contribution in [2.45, 2.75) is 53.5 Å². The highest BCUT2D eigenvalue weighted by atomic mass is 32.1. The molecule has 1 atom stereocenters. The Balaban J connectivity index is 1.71. The van der Waals surface area contributed by atoms with Gasteiger partial charge in [-0.15, -0.1) is 10.2 Å². The first-order valence-electron chi connectivity index (χ1n) is 13.2. The highest BCUT2D eigenvalue weighted by Crippen LogP contribution is 2.45. The van der Waals surface area contributed by atoms with E-state index in [0.717, 1.165) is 18.4 Å². The number of Topliss-reactive ketones (excluding diaryl/α,β-unsaturated/α-hetero) is 1. The van der Waals surface area contributed by atoms with Crippen LogP contribution in [-0.2, 0) is 9.59 Å². The fourth-order valence-electron chi connectivity index (χ4n) is 4.81. The molecule has 11 heteroatoms. The number of unbranched alkanes of at least 4 members (excludes halogenated alkanes) is 1. The maximum absolute atomic E-state index is 13.6. The summed E-state index contributed by atoms with van der Waals surface area (Å²) in [6.45, 7) is 10.4. The van der Waals surface area contributed by atoms with Crippen LogP contribution in [0.2, 0.25) is 0 Å². The van der Waals surface area contributed by atoms with Crippen LogP contribution >= 0.6 is 11.3 Å². The molecule has 0 radical (unpaired) electrons. The number of carbonyl (C=O) groups is 2. The molecular weight excluding hydrogens is 530 g/mol. The molecule has 0 aliphatic carbocycles.